The molecule has 0 radical (unpaired) electrons. The van der Waals surface area contributed by atoms with Crippen LogP contribution in [0.15, 0.2) is 0 Å². The fraction of sp³-hybridized carbons (Fsp3) is 1.00. The van der Waals surface area contributed by atoms with Crippen molar-refractivity contribution in [2.75, 3.05) is 0 Å². The highest BCUT2D eigenvalue weighted by Gasteiger charge is 1.90. The van der Waals surface area contributed by atoms with Crippen molar-refractivity contribution in [1.82, 2.24) is 0 Å². The van der Waals surface area contributed by atoms with Crippen LogP contribution >= 0.6 is 0 Å². The first-order valence-corrected chi connectivity index (χ1v) is 2.49. The van der Waals surface area contributed by atoms with Crippen LogP contribution in [0.5, 0.6) is 0 Å². The average molecular weight is 106 g/mol. The first-order chi connectivity index (χ1) is 2.81. The van der Waals surface area contributed by atoms with E-state index in [1.165, 1.54) is 0 Å². The third kappa shape index (κ3) is 5.92. The van der Waals surface area contributed by atoms with E-state index >= 15 is 0 Å². The highest BCUT2D eigenvalue weighted by atomic mass is 16.3. The number of aliphatic hydroxyl groups excluding tert-OH is 1. The summed E-state index contributed by atoms with van der Waals surface area (Å²) in [4.78, 5) is 0. The molecule has 46 valence electrons. The van der Waals surface area contributed by atoms with E-state index < -0.39 is 0 Å². The molecule has 7 heavy (non-hydrogen) atoms. The van der Waals surface area contributed by atoms with Gasteiger partial charge in [-0.3, -0.25) is 0 Å². The normalized spacial score (nSPS) is 8.57. The Hall–Kier alpha value is -0.0800. The Morgan fingerprint density at radius 3 is 1.57 bits per heavy atom. The second kappa shape index (κ2) is 5.92. The van der Waals surface area contributed by atoms with Gasteiger partial charge in [0.2, 0.25) is 0 Å². The maximum atomic E-state index is 8.67. The predicted molar refractivity (Wildman–Crippen MR) is 30.2 cm³/mol. The second-order valence-electron chi connectivity index (χ2n) is 1.47. The van der Waals surface area contributed by atoms with Crippen LogP contribution in [0.3, 0.4) is 0 Å². The predicted octanol–water partition coefficient (Wildman–Crippen LogP) is 0.343. The van der Waals surface area contributed by atoms with Crippen LogP contribution in [0.25, 0.3) is 0 Å². The maximum absolute atomic E-state index is 8.67. The quantitative estimate of drug-likeness (QED) is 0.542. The van der Waals surface area contributed by atoms with Crippen LogP contribution in [-0.4, -0.2) is 16.7 Å². The van der Waals surface area contributed by atoms with Crippen molar-refractivity contribution < 1.29 is 10.6 Å². The zero-order valence-corrected chi connectivity index (χ0v) is 4.94. The number of rotatable bonds is 2. The molecule has 0 rings (SSSR count). The first-order valence-electron chi connectivity index (χ1n) is 2.49. The smallest absolute Gasteiger partial charge is 0.0535 e. The summed E-state index contributed by atoms with van der Waals surface area (Å²) in [6.07, 6.45) is 1.71. The molecule has 0 aliphatic carbocycles. The summed E-state index contributed by atoms with van der Waals surface area (Å²) in [6.45, 7) is 3.96. The molecule has 0 aromatic heterocycles. The topological polar surface area (TPSA) is 51.7 Å². The van der Waals surface area contributed by atoms with E-state index in [4.69, 9.17) is 5.11 Å². The molecule has 0 aliphatic rings. The Balaban J connectivity index is 0. The van der Waals surface area contributed by atoms with Gasteiger partial charge >= 0.3 is 0 Å². The van der Waals surface area contributed by atoms with Crippen molar-refractivity contribution in [2.45, 2.75) is 32.8 Å². The van der Waals surface area contributed by atoms with Gasteiger partial charge in [-0.15, -0.1) is 0 Å². The Morgan fingerprint density at radius 1 is 1.29 bits per heavy atom. The van der Waals surface area contributed by atoms with E-state index in [-0.39, 0.29) is 11.6 Å². The van der Waals surface area contributed by atoms with E-state index in [0.717, 1.165) is 12.8 Å². The van der Waals surface area contributed by atoms with Gasteiger partial charge in [0.1, 0.15) is 0 Å². The second-order valence-corrected chi connectivity index (χ2v) is 1.47. The lowest BCUT2D eigenvalue weighted by atomic mass is 10.2. The lowest BCUT2D eigenvalue weighted by Crippen LogP contribution is -1.99. The Kier molecular flexibility index (Phi) is 8.47. The van der Waals surface area contributed by atoms with Crippen molar-refractivity contribution in [3.63, 3.8) is 0 Å². The molecule has 3 N–H and O–H groups in total. The number of aliphatic hydroxyl groups is 1. The third-order valence-electron chi connectivity index (χ3n) is 0.942. The molecular weight excluding hydrogens is 92.1 g/mol. The van der Waals surface area contributed by atoms with Gasteiger partial charge in [-0.1, -0.05) is 13.8 Å². The van der Waals surface area contributed by atoms with Gasteiger partial charge in [0.15, 0.2) is 0 Å². The minimum absolute atomic E-state index is 0. The van der Waals surface area contributed by atoms with Crippen LogP contribution in [0, 0.1) is 0 Å². The lowest BCUT2D eigenvalue weighted by Gasteiger charge is -1.98. The highest BCUT2D eigenvalue weighted by molar-refractivity contribution is 4.43. The van der Waals surface area contributed by atoms with Crippen molar-refractivity contribution >= 4 is 0 Å². The molecule has 0 saturated carbocycles. The van der Waals surface area contributed by atoms with Crippen LogP contribution in [-0.2, 0) is 0 Å². The molecule has 0 atom stereocenters. The van der Waals surface area contributed by atoms with Crippen LogP contribution in [0.2, 0.25) is 0 Å². The molecule has 0 aliphatic heterocycles. The zero-order valence-electron chi connectivity index (χ0n) is 4.94. The monoisotopic (exact) mass is 106 g/mol. The van der Waals surface area contributed by atoms with Gasteiger partial charge in [-0.2, -0.15) is 0 Å². The van der Waals surface area contributed by atoms with E-state index in [1.54, 1.807) is 0 Å². The minimum Gasteiger partial charge on any atom is -0.412 e. The van der Waals surface area contributed by atoms with Gasteiger partial charge in [0.05, 0.1) is 6.10 Å². The van der Waals surface area contributed by atoms with E-state index in [0.29, 0.717) is 0 Å². The summed E-state index contributed by atoms with van der Waals surface area (Å²) in [5, 5.41) is 8.67. The van der Waals surface area contributed by atoms with Crippen molar-refractivity contribution in [1.29, 1.82) is 0 Å². The third-order valence-corrected chi connectivity index (χ3v) is 0.942. The molecule has 2 nitrogen and oxygen atoms in total. The van der Waals surface area contributed by atoms with Gasteiger partial charge in [0.25, 0.3) is 0 Å². The van der Waals surface area contributed by atoms with E-state index in [2.05, 4.69) is 0 Å². The SMILES string of the molecule is CCC(O)CC.O. The lowest BCUT2D eigenvalue weighted by molar-refractivity contribution is 0.166. The first kappa shape index (κ1) is 10.0. The van der Waals surface area contributed by atoms with Gasteiger partial charge in [-0.05, 0) is 12.8 Å². The zero-order chi connectivity index (χ0) is 4.99. The van der Waals surface area contributed by atoms with Gasteiger partial charge in [0, 0.05) is 0 Å². The molecule has 0 aromatic rings. The van der Waals surface area contributed by atoms with Gasteiger partial charge < -0.3 is 10.6 Å². The molecule has 0 spiro atoms. The fourth-order valence-corrected chi connectivity index (χ4v) is 0.289. The molecule has 0 unspecified atom stereocenters. The van der Waals surface area contributed by atoms with Crippen molar-refractivity contribution in [3.05, 3.63) is 0 Å². The summed E-state index contributed by atoms with van der Waals surface area (Å²) >= 11 is 0. The molecule has 0 bridgehead atoms. The number of hydrogen-bond donors (Lipinski definition) is 1. The van der Waals surface area contributed by atoms with Crippen molar-refractivity contribution in [3.8, 4) is 0 Å². The van der Waals surface area contributed by atoms with Crippen LogP contribution in [0.1, 0.15) is 26.7 Å². The molecule has 0 heterocycles. The van der Waals surface area contributed by atoms with Crippen LogP contribution < -0.4 is 0 Å². The summed E-state index contributed by atoms with van der Waals surface area (Å²) < 4.78 is 0. The van der Waals surface area contributed by atoms with E-state index in [9.17, 15) is 0 Å². The number of hydrogen-bond acceptors (Lipinski definition) is 1. The average Bonchev–Trinajstić information content (AvgIpc) is 1.65. The van der Waals surface area contributed by atoms with E-state index in [1.807, 2.05) is 13.8 Å². The van der Waals surface area contributed by atoms with Gasteiger partial charge in [-0.25, -0.2) is 0 Å². The Labute approximate surface area is 44.5 Å². The highest BCUT2D eigenvalue weighted by Crippen LogP contribution is 1.91. The molecule has 0 fully saturated rings. The molecule has 0 saturated heterocycles. The maximum Gasteiger partial charge on any atom is 0.0535 e. The summed E-state index contributed by atoms with van der Waals surface area (Å²) in [6, 6.07) is 0. The standard InChI is InChI=1S/C5H12O.H2O/c1-3-5(6)4-2;/h5-6H,3-4H2,1-2H3;1H2. The Bertz CT molecular complexity index is 25.3. The van der Waals surface area contributed by atoms with Crippen LogP contribution in [0.4, 0.5) is 0 Å². The molecule has 0 aromatic carbocycles. The molecule has 0 amide bonds. The minimum atomic E-state index is -0.0648. The fourth-order valence-electron chi connectivity index (χ4n) is 0.289. The molecular formula is C5H14O2. The Morgan fingerprint density at radius 2 is 1.57 bits per heavy atom. The molecule has 2 heteroatoms. The van der Waals surface area contributed by atoms with Crippen molar-refractivity contribution in [2.24, 2.45) is 0 Å². The largest absolute Gasteiger partial charge is 0.412 e. The summed E-state index contributed by atoms with van der Waals surface area (Å²) in [5.74, 6) is 0. The summed E-state index contributed by atoms with van der Waals surface area (Å²) in [5.41, 5.74) is 0. The summed E-state index contributed by atoms with van der Waals surface area (Å²) in [7, 11) is 0.